The maximum absolute atomic E-state index is 5.58. The zero-order chi connectivity index (χ0) is 15.1. The third-order valence-electron chi connectivity index (χ3n) is 4.40. The van der Waals surface area contributed by atoms with Crippen molar-refractivity contribution in [3.8, 4) is 5.75 Å². The van der Waals surface area contributed by atoms with Crippen LogP contribution in [0.1, 0.15) is 64.0 Å². The summed E-state index contributed by atoms with van der Waals surface area (Å²) in [5.41, 5.74) is 1.37. The molecule has 0 spiro atoms. The van der Waals surface area contributed by atoms with Gasteiger partial charge in [-0.15, -0.1) is 0 Å². The van der Waals surface area contributed by atoms with Gasteiger partial charge in [-0.05, 0) is 43.5 Å². The van der Waals surface area contributed by atoms with Gasteiger partial charge in [0.05, 0.1) is 6.61 Å². The van der Waals surface area contributed by atoms with Crippen molar-refractivity contribution < 1.29 is 4.74 Å². The monoisotopic (exact) mass is 353 g/mol. The molecule has 21 heavy (non-hydrogen) atoms. The molecule has 1 saturated carbocycles. The normalized spacial score (nSPS) is 17.7. The first kappa shape index (κ1) is 16.8. The third kappa shape index (κ3) is 5.00. The zero-order valence-electron chi connectivity index (χ0n) is 13.3. The number of hydrogen-bond donors (Lipinski definition) is 1. The summed E-state index contributed by atoms with van der Waals surface area (Å²) in [5, 5.41) is 3.67. The van der Waals surface area contributed by atoms with Gasteiger partial charge >= 0.3 is 0 Å². The lowest BCUT2D eigenvalue weighted by atomic mass is 9.83. The summed E-state index contributed by atoms with van der Waals surface area (Å²) < 4.78 is 6.74. The Morgan fingerprint density at radius 3 is 2.62 bits per heavy atom. The van der Waals surface area contributed by atoms with Gasteiger partial charge in [-0.25, -0.2) is 0 Å². The van der Waals surface area contributed by atoms with E-state index in [2.05, 4.69) is 46.4 Å². The Hall–Kier alpha value is -0.540. The number of rotatable bonds is 7. The van der Waals surface area contributed by atoms with Crippen LogP contribution in [0.4, 0.5) is 0 Å². The van der Waals surface area contributed by atoms with Crippen molar-refractivity contribution in [2.45, 2.75) is 58.4 Å². The summed E-state index contributed by atoms with van der Waals surface area (Å²) in [6.07, 6.45) is 8.30. The fourth-order valence-electron chi connectivity index (χ4n) is 3.37. The molecule has 1 aliphatic rings. The van der Waals surface area contributed by atoms with Crippen molar-refractivity contribution in [2.75, 3.05) is 13.2 Å². The minimum atomic E-state index is 0.447. The molecule has 0 saturated heterocycles. The highest BCUT2D eigenvalue weighted by molar-refractivity contribution is 9.10. The Morgan fingerprint density at radius 1 is 1.24 bits per heavy atom. The molecule has 0 aromatic heterocycles. The minimum Gasteiger partial charge on any atom is -0.494 e. The largest absolute Gasteiger partial charge is 0.494 e. The van der Waals surface area contributed by atoms with Gasteiger partial charge < -0.3 is 10.1 Å². The Kier molecular flexibility index (Phi) is 7.05. The summed E-state index contributed by atoms with van der Waals surface area (Å²) in [5.74, 6) is 1.82. The standard InChI is InChI=1S/C18H28BrNO/c1-3-20-18(12-14-8-6-5-7-9-14)16-11-10-15(21-4-2)13-17(16)19/h10-11,13-14,18,20H,3-9,12H2,1-2H3. The van der Waals surface area contributed by atoms with E-state index < -0.39 is 0 Å². The smallest absolute Gasteiger partial charge is 0.120 e. The second-order valence-electron chi connectivity index (χ2n) is 5.97. The van der Waals surface area contributed by atoms with Crippen molar-refractivity contribution in [3.63, 3.8) is 0 Å². The minimum absolute atomic E-state index is 0.447. The van der Waals surface area contributed by atoms with Crippen molar-refractivity contribution in [2.24, 2.45) is 5.92 Å². The average molecular weight is 354 g/mol. The molecule has 3 heteroatoms. The molecular weight excluding hydrogens is 326 g/mol. The van der Waals surface area contributed by atoms with Gasteiger partial charge in [0.1, 0.15) is 5.75 Å². The first-order valence-electron chi connectivity index (χ1n) is 8.40. The van der Waals surface area contributed by atoms with Crippen LogP contribution in [-0.2, 0) is 0 Å². The Balaban J connectivity index is 2.09. The second kappa shape index (κ2) is 8.79. The summed E-state index contributed by atoms with van der Waals surface area (Å²) >= 11 is 3.73. The highest BCUT2D eigenvalue weighted by Crippen LogP contribution is 2.35. The molecule has 0 amide bonds. The van der Waals surface area contributed by atoms with Crippen LogP contribution < -0.4 is 10.1 Å². The Morgan fingerprint density at radius 2 is 2.00 bits per heavy atom. The molecule has 1 aliphatic carbocycles. The van der Waals surface area contributed by atoms with Crippen molar-refractivity contribution in [1.29, 1.82) is 0 Å². The predicted octanol–water partition coefficient (Wildman–Crippen LogP) is 5.47. The lowest BCUT2D eigenvalue weighted by molar-refractivity contribution is 0.301. The number of halogens is 1. The van der Waals surface area contributed by atoms with Crippen LogP contribution in [0.15, 0.2) is 22.7 Å². The van der Waals surface area contributed by atoms with Crippen LogP contribution in [0.5, 0.6) is 5.75 Å². The fourth-order valence-corrected chi connectivity index (χ4v) is 4.00. The van der Waals surface area contributed by atoms with Gasteiger partial charge in [0.25, 0.3) is 0 Å². The summed E-state index contributed by atoms with van der Waals surface area (Å²) in [6.45, 7) is 5.93. The first-order valence-corrected chi connectivity index (χ1v) is 9.19. The number of ether oxygens (including phenoxy) is 1. The second-order valence-corrected chi connectivity index (χ2v) is 6.82. The van der Waals surface area contributed by atoms with Crippen LogP contribution in [0.3, 0.4) is 0 Å². The maximum Gasteiger partial charge on any atom is 0.120 e. The molecule has 0 aliphatic heterocycles. The van der Waals surface area contributed by atoms with E-state index in [4.69, 9.17) is 4.74 Å². The number of hydrogen-bond acceptors (Lipinski definition) is 2. The van der Waals surface area contributed by atoms with Crippen LogP contribution in [0.2, 0.25) is 0 Å². The molecule has 1 N–H and O–H groups in total. The lowest BCUT2D eigenvalue weighted by Gasteiger charge is -2.28. The quantitative estimate of drug-likeness (QED) is 0.701. The van der Waals surface area contributed by atoms with E-state index in [-0.39, 0.29) is 0 Å². The SMILES string of the molecule is CCNC(CC1CCCCC1)c1ccc(OCC)cc1Br. The van der Waals surface area contributed by atoms with E-state index in [1.165, 1.54) is 44.1 Å². The molecule has 0 radical (unpaired) electrons. The maximum atomic E-state index is 5.58. The van der Waals surface area contributed by atoms with Gasteiger partial charge in [-0.2, -0.15) is 0 Å². The highest BCUT2D eigenvalue weighted by Gasteiger charge is 2.21. The molecule has 1 aromatic rings. The van der Waals surface area contributed by atoms with Crippen LogP contribution in [0.25, 0.3) is 0 Å². The van der Waals surface area contributed by atoms with Crippen molar-refractivity contribution in [3.05, 3.63) is 28.2 Å². The first-order chi connectivity index (χ1) is 10.2. The fraction of sp³-hybridized carbons (Fsp3) is 0.667. The average Bonchev–Trinajstić information content (AvgIpc) is 2.48. The molecule has 118 valence electrons. The Labute approximate surface area is 137 Å². The van der Waals surface area contributed by atoms with Gasteiger partial charge in [0, 0.05) is 10.5 Å². The van der Waals surface area contributed by atoms with Crippen LogP contribution >= 0.6 is 15.9 Å². The number of benzene rings is 1. The van der Waals surface area contributed by atoms with E-state index in [9.17, 15) is 0 Å². The molecule has 1 fully saturated rings. The van der Waals surface area contributed by atoms with Crippen LogP contribution in [-0.4, -0.2) is 13.2 Å². The van der Waals surface area contributed by atoms with Crippen LogP contribution in [0, 0.1) is 5.92 Å². The molecule has 1 unspecified atom stereocenters. The number of nitrogens with one attached hydrogen (secondary N) is 1. The molecule has 2 rings (SSSR count). The molecule has 0 heterocycles. The van der Waals surface area contributed by atoms with E-state index in [0.717, 1.165) is 22.7 Å². The Bertz CT molecular complexity index is 429. The van der Waals surface area contributed by atoms with Gasteiger partial charge in [0.15, 0.2) is 0 Å². The molecule has 1 aromatic carbocycles. The highest BCUT2D eigenvalue weighted by atomic mass is 79.9. The van der Waals surface area contributed by atoms with E-state index in [0.29, 0.717) is 12.6 Å². The van der Waals surface area contributed by atoms with E-state index in [1.807, 2.05) is 6.92 Å². The van der Waals surface area contributed by atoms with E-state index >= 15 is 0 Å². The molecule has 2 nitrogen and oxygen atoms in total. The summed E-state index contributed by atoms with van der Waals surface area (Å²) in [6, 6.07) is 6.85. The third-order valence-corrected chi connectivity index (χ3v) is 5.09. The lowest BCUT2D eigenvalue weighted by Crippen LogP contribution is -2.24. The van der Waals surface area contributed by atoms with Gasteiger partial charge in [0.2, 0.25) is 0 Å². The van der Waals surface area contributed by atoms with E-state index in [1.54, 1.807) is 0 Å². The summed E-state index contributed by atoms with van der Waals surface area (Å²) in [7, 11) is 0. The predicted molar refractivity (Wildman–Crippen MR) is 92.9 cm³/mol. The molecule has 0 bridgehead atoms. The molecule has 1 atom stereocenters. The topological polar surface area (TPSA) is 21.3 Å². The summed E-state index contributed by atoms with van der Waals surface area (Å²) in [4.78, 5) is 0. The van der Waals surface area contributed by atoms with Crippen molar-refractivity contribution in [1.82, 2.24) is 5.32 Å². The van der Waals surface area contributed by atoms with Crippen molar-refractivity contribution >= 4 is 15.9 Å². The van der Waals surface area contributed by atoms with Gasteiger partial charge in [-0.3, -0.25) is 0 Å². The zero-order valence-corrected chi connectivity index (χ0v) is 14.9. The molecular formula is C18H28BrNO. The van der Waals surface area contributed by atoms with Gasteiger partial charge in [-0.1, -0.05) is 61.0 Å².